The highest BCUT2D eigenvalue weighted by Gasteiger charge is 2.47. The Hall–Kier alpha value is -2.65. The molecule has 4 atom stereocenters. The number of nitrogens with zero attached hydrogens (tertiary/aromatic N) is 4. The van der Waals surface area contributed by atoms with Crippen molar-refractivity contribution in [1.29, 1.82) is 5.26 Å². The van der Waals surface area contributed by atoms with E-state index in [0.717, 1.165) is 25.9 Å². The third-order valence-electron chi connectivity index (χ3n) is 7.70. The second-order valence-electron chi connectivity index (χ2n) is 9.50. The van der Waals surface area contributed by atoms with Crippen LogP contribution in [0.2, 0.25) is 0 Å². The Morgan fingerprint density at radius 3 is 3.00 bits per heavy atom. The Kier molecular flexibility index (Phi) is 4.61. The number of benzene rings is 1. The highest BCUT2D eigenvalue weighted by atomic mass is 19.1. The summed E-state index contributed by atoms with van der Waals surface area (Å²) in [5, 5.41) is 9.79. The molecule has 1 aromatic heterocycles. The highest BCUT2D eigenvalue weighted by molar-refractivity contribution is 5.61. The maximum Gasteiger partial charge on any atom is 0.235 e. The van der Waals surface area contributed by atoms with Gasteiger partial charge in [0, 0.05) is 24.7 Å². The zero-order valence-corrected chi connectivity index (χ0v) is 17.6. The van der Waals surface area contributed by atoms with Crippen molar-refractivity contribution in [3.05, 3.63) is 47.4 Å². The summed E-state index contributed by atoms with van der Waals surface area (Å²) in [6, 6.07) is 9.42. The molecule has 160 valence electrons. The second kappa shape index (κ2) is 7.49. The number of nitriles is 1. The minimum Gasteiger partial charge on any atom is -0.419 e. The SMILES string of the molecule is N#Cc1nc(-c2cccc(F)c2)oc1N1CCCC2=C[C@H]3C[C@H](CN4CCCC[C@H]34)[C@@H]21. The molecule has 5 nitrogen and oxygen atoms in total. The summed E-state index contributed by atoms with van der Waals surface area (Å²) < 4.78 is 19.9. The van der Waals surface area contributed by atoms with Crippen LogP contribution in [0.1, 0.15) is 44.2 Å². The Morgan fingerprint density at radius 2 is 2.13 bits per heavy atom. The fourth-order valence-corrected chi connectivity index (χ4v) is 6.53. The zero-order chi connectivity index (χ0) is 20.9. The number of rotatable bonds is 2. The molecule has 3 aliphatic heterocycles. The summed E-state index contributed by atoms with van der Waals surface area (Å²) in [6.07, 6.45) is 9.95. The van der Waals surface area contributed by atoms with E-state index >= 15 is 0 Å². The molecule has 6 heteroatoms. The number of piperidine rings is 3. The Labute approximate surface area is 182 Å². The number of halogens is 1. The minimum absolute atomic E-state index is 0.272. The van der Waals surface area contributed by atoms with Crippen molar-refractivity contribution in [2.24, 2.45) is 11.8 Å². The summed E-state index contributed by atoms with van der Waals surface area (Å²) in [5.41, 5.74) is 2.38. The Bertz CT molecular complexity index is 1070. The van der Waals surface area contributed by atoms with Gasteiger partial charge >= 0.3 is 0 Å². The van der Waals surface area contributed by atoms with Crippen molar-refractivity contribution in [3.8, 4) is 17.5 Å². The van der Waals surface area contributed by atoms with E-state index in [1.807, 2.05) is 0 Å². The van der Waals surface area contributed by atoms with Crippen LogP contribution in [0.4, 0.5) is 10.3 Å². The largest absolute Gasteiger partial charge is 0.419 e. The molecule has 31 heavy (non-hydrogen) atoms. The first-order chi connectivity index (χ1) is 15.2. The van der Waals surface area contributed by atoms with E-state index in [2.05, 4.69) is 26.9 Å². The van der Waals surface area contributed by atoms with E-state index in [-0.39, 0.29) is 11.9 Å². The standard InChI is InChI=1S/C25H27FN4O/c26-20-7-3-5-17(13-20)24-28-21(14-27)25(31-24)30-10-4-6-16-11-18-12-19(23(16)30)15-29-9-2-1-8-22(18)29/h3,5,7,11,13,18-19,22-23H,1-2,4,6,8-10,12,15H2/t18-,19+,22+,23+/m0/s1. The van der Waals surface area contributed by atoms with E-state index in [0.29, 0.717) is 40.9 Å². The molecule has 0 unspecified atom stereocenters. The first-order valence-electron chi connectivity index (χ1n) is 11.6. The van der Waals surface area contributed by atoms with Crippen molar-refractivity contribution >= 4 is 5.88 Å². The summed E-state index contributed by atoms with van der Waals surface area (Å²) in [6.45, 7) is 3.20. The summed E-state index contributed by atoms with van der Waals surface area (Å²) >= 11 is 0. The number of anilines is 1. The molecule has 2 aromatic rings. The van der Waals surface area contributed by atoms with Gasteiger partial charge in [0.2, 0.25) is 17.5 Å². The lowest BCUT2D eigenvalue weighted by atomic mass is 9.68. The monoisotopic (exact) mass is 418 g/mol. The average molecular weight is 419 g/mol. The van der Waals surface area contributed by atoms with Gasteiger partial charge in [-0.3, -0.25) is 4.90 Å². The second-order valence-corrected chi connectivity index (χ2v) is 9.50. The van der Waals surface area contributed by atoms with E-state index < -0.39 is 0 Å². The van der Waals surface area contributed by atoms with Crippen molar-refractivity contribution in [1.82, 2.24) is 9.88 Å². The predicted octanol–water partition coefficient (Wildman–Crippen LogP) is 4.75. The summed E-state index contributed by atoms with van der Waals surface area (Å²) in [4.78, 5) is 9.43. The van der Waals surface area contributed by atoms with Crippen molar-refractivity contribution < 1.29 is 8.81 Å². The van der Waals surface area contributed by atoms with Crippen molar-refractivity contribution in [2.75, 3.05) is 24.5 Å². The van der Waals surface area contributed by atoms with E-state index in [9.17, 15) is 9.65 Å². The van der Waals surface area contributed by atoms with Gasteiger partial charge in [0.1, 0.15) is 11.9 Å². The van der Waals surface area contributed by atoms with E-state index in [1.165, 1.54) is 49.9 Å². The maximum absolute atomic E-state index is 13.7. The van der Waals surface area contributed by atoms with Crippen LogP contribution in [0, 0.1) is 29.0 Å². The lowest BCUT2D eigenvalue weighted by Crippen LogP contribution is -2.59. The van der Waals surface area contributed by atoms with Gasteiger partial charge in [-0.25, -0.2) is 4.39 Å². The average Bonchev–Trinajstić information content (AvgIpc) is 3.23. The number of fused-ring (bicyclic) bond motifs is 6. The highest BCUT2D eigenvalue weighted by Crippen LogP contribution is 2.46. The molecule has 4 heterocycles. The van der Waals surface area contributed by atoms with Gasteiger partial charge in [0.05, 0.1) is 6.04 Å². The normalized spacial score (nSPS) is 30.2. The molecule has 1 aromatic carbocycles. The van der Waals surface area contributed by atoms with Gasteiger partial charge in [0.15, 0.2) is 0 Å². The lowest BCUT2D eigenvalue weighted by Gasteiger charge is -2.54. The quantitative estimate of drug-likeness (QED) is 0.659. The van der Waals surface area contributed by atoms with Crippen LogP contribution in [0.3, 0.4) is 0 Å². The molecule has 0 radical (unpaired) electrons. The molecule has 1 aliphatic carbocycles. The van der Waals surface area contributed by atoms with Crippen molar-refractivity contribution in [3.63, 3.8) is 0 Å². The number of hydrogen-bond acceptors (Lipinski definition) is 5. The molecular weight excluding hydrogens is 391 g/mol. The first-order valence-corrected chi connectivity index (χ1v) is 11.6. The van der Waals surface area contributed by atoms with E-state index in [4.69, 9.17) is 4.42 Å². The van der Waals surface area contributed by atoms with Crippen LogP contribution in [-0.2, 0) is 0 Å². The predicted molar refractivity (Wildman–Crippen MR) is 116 cm³/mol. The molecule has 0 spiro atoms. The molecule has 4 aliphatic rings. The van der Waals surface area contributed by atoms with Crippen LogP contribution in [0.25, 0.3) is 11.5 Å². The smallest absolute Gasteiger partial charge is 0.235 e. The minimum atomic E-state index is -0.337. The van der Waals surface area contributed by atoms with Crippen LogP contribution in [0.15, 0.2) is 40.3 Å². The third kappa shape index (κ3) is 3.18. The van der Waals surface area contributed by atoms with Gasteiger partial charge in [-0.05, 0) is 68.7 Å². The van der Waals surface area contributed by atoms with Gasteiger partial charge in [-0.15, -0.1) is 0 Å². The molecule has 3 fully saturated rings. The van der Waals surface area contributed by atoms with Crippen LogP contribution in [0.5, 0.6) is 0 Å². The molecule has 0 saturated carbocycles. The third-order valence-corrected chi connectivity index (χ3v) is 7.70. The van der Waals surface area contributed by atoms with Crippen LogP contribution < -0.4 is 4.90 Å². The van der Waals surface area contributed by atoms with Crippen LogP contribution >= 0.6 is 0 Å². The number of hydrogen-bond donors (Lipinski definition) is 0. The topological polar surface area (TPSA) is 56.3 Å². The fourth-order valence-electron chi connectivity index (χ4n) is 6.53. The fraction of sp³-hybridized carbons (Fsp3) is 0.520. The Morgan fingerprint density at radius 1 is 1.19 bits per heavy atom. The molecule has 2 bridgehead atoms. The number of aromatic nitrogens is 1. The summed E-state index contributed by atoms with van der Waals surface area (Å²) in [7, 11) is 0. The maximum atomic E-state index is 13.7. The Balaban J connectivity index is 1.38. The summed E-state index contributed by atoms with van der Waals surface area (Å²) in [5.74, 6) is 1.75. The van der Waals surface area contributed by atoms with Crippen molar-refractivity contribution in [2.45, 2.75) is 50.6 Å². The van der Waals surface area contributed by atoms with Gasteiger partial charge in [-0.1, -0.05) is 24.1 Å². The zero-order valence-electron chi connectivity index (χ0n) is 17.6. The molecule has 6 rings (SSSR count). The van der Waals surface area contributed by atoms with E-state index in [1.54, 1.807) is 12.1 Å². The molecular formula is C25H27FN4O. The molecule has 0 amide bonds. The molecule has 3 saturated heterocycles. The van der Waals surface area contributed by atoms with Gasteiger partial charge in [0.25, 0.3) is 0 Å². The lowest BCUT2D eigenvalue weighted by molar-refractivity contribution is 0.0306. The first kappa shape index (κ1) is 19.1. The molecule has 0 N–H and O–H groups in total. The van der Waals surface area contributed by atoms with Gasteiger partial charge in [-0.2, -0.15) is 10.2 Å². The van der Waals surface area contributed by atoms with Gasteiger partial charge < -0.3 is 9.32 Å². The van der Waals surface area contributed by atoms with Crippen LogP contribution in [-0.4, -0.2) is 41.6 Å². The number of oxazole rings is 1.